The molecule has 2 N–H and O–H groups in total. The molecule has 2 amide bonds. The van der Waals surface area contributed by atoms with Crippen LogP contribution in [0.3, 0.4) is 0 Å². The molecule has 7 nitrogen and oxygen atoms in total. The maximum Gasteiger partial charge on any atom is 0.451 e. The fourth-order valence-corrected chi connectivity index (χ4v) is 3.19. The molecule has 0 fully saturated rings. The normalized spacial score (nSPS) is 12.1. The minimum atomic E-state index is -4.78. The molecule has 1 aromatic heterocycles. The summed E-state index contributed by atoms with van der Waals surface area (Å²) in [7, 11) is 3.73. The molecule has 1 atom stereocenters. The van der Waals surface area contributed by atoms with Crippen LogP contribution in [0.2, 0.25) is 5.15 Å². The van der Waals surface area contributed by atoms with Crippen LogP contribution in [0, 0.1) is 0 Å². The predicted molar refractivity (Wildman–Crippen MR) is 123 cm³/mol. The first-order chi connectivity index (χ1) is 16.0. The van der Waals surface area contributed by atoms with Gasteiger partial charge in [0.1, 0.15) is 6.04 Å². The van der Waals surface area contributed by atoms with Gasteiger partial charge in [-0.1, -0.05) is 41.9 Å². The number of aromatic nitrogens is 2. The van der Waals surface area contributed by atoms with Crippen molar-refractivity contribution in [3.05, 3.63) is 82.9 Å². The van der Waals surface area contributed by atoms with E-state index in [-0.39, 0.29) is 12.1 Å². The van der Waals surface area contributed by atoms with Crippen molar-refractivity contribution in [1.29, 1.82) is 0 Å². The summed E-state index contributed by atoms with van der Waals surface area (Å²) < 4.78 is 38.4. The summed E-state index contributed by atoms with van der Waals surface area (Å²) in [5, 5.41) is 4.51. The molecule has 3 aromatic rings. The Balaban J connectivity index is 1.81. The second-order valence-corrected chi connectivity index (χ2v) is 7.90. The van der Waals surface area contributed by atoms with Crippen LogP contribution in [0.5, 0.6) is 0 Å². The van der Waals surface area contributed by atoms with Crippen molar-refractivity contribution in [2.75, 3.05) is 24.3 Å². The summed E-state index contributed by atoms with van der Waals surface area (Å²) in [4.78, 5) is 34.1. The molecule has 3 rings (SSSR count). The molecule has 0 aliphatic heterocycles. The van der Waals surface area contributed by atoms with E-state index in [1.54, 1.807) is 48.5 Å². The smallest absolute Gasteiger partial charge is 0.378 e. The van der Waals surface area contributed by atoms with Crippen molar-refractivity contribution in [3.63, 3.8) is 0 Å². The van der Waals surface area contributed by atoms with E-state index >= 15 is 0 Å². The number of hydrogen-bond acceptors (Lipinski definition) is 5. The van der Waals surface area contributed by atoms with Crippen molar-refractivity contribution < 1.29 is 22.8 Å². The van der Waals surface area contributed by atoms with Gasteiger partial charge in [0.05, 0.1) is 11.9 Å². The fourth-order valence-electron chi connectivity index (χ4n) is 3.01. The van der Waals surface area contributed by atoms with E-state index in [2.05, 4.69) is 20.6 Å². The third kappa shape index (κ3) is 6.44. The largest absolute Gasteiger partial charge is 0.451 e. The number of amides is 2. The standard InChI is InChI=1S/C23H21ClF3N5O2/c1-32(2)16-10-8-15(9-11-16)20(33)29-17(12-14-6-4-3-5-7-14)21(34)30-18-13-28-22(23(25,26)27)31-19(18)24/h3-11,13,17H,12H2,1-2H3,(H,29,33)(H,30,34)/t17-/m0/s1. The van der Waals surface area contributed by atoms with E-state index in [4.69, 9.17) is 11.6 Å². The zero-order valence-corrected chi connectivity index (χ0v) is 19.0. The topological polar surface area (TPSA) is 87.2 Å². The second-order valence-electron chi connectivity index (χ2n) is 7.54. The molecule has 2 aromatic carbocycles. The highest BCUT2D eigenvalue weighted by molar-refractivity contribution is 6.32. The number of benzene rings is 2. The third-order valence-electron chi connectivity index (χ3n) is 4.80. The van der Waals surface area contributed by atoms with E-state index in [1.807, 2.05) is 25.1 Å². The molecule has 1 heterocycles. The van der Waals surface area contributed by atoms with Gasteiger partial charge in [0.2, 0.25) is 11.7 Å². The molecule has 0 unspecified atom stereocenters. The van der Waals surface area contributed by atoms with Crippen molar-refractivity contribution in [2.45, 2.75) is 18.6 Å². The van der Waals surface area contributed by atoms with Crippen LogP contribution < -0.4 is 15.5 Å². The van der Waals surface area contributed by atoms with Gasteiger partial charge in [-0.25, -0.2) is 9.97 Å². The molecular formula is C23H21ClF3N5O2. The van der Waals surface area contributed by atoms with Crippen LogP contribution in [0.15, 0.2) is 60.8 Å². The van der Waals surface area contributed by atoms with Gasteiger partial charge in [0.15, 0.2) is 5.15 Å². The molecule has 0 saturated heterocycles. The van der Waals surface area contributed by atoms with Crippen LogP contribution in [-0.2, 0) is 17.4 Å². The molecular weight excluding hydrogens is 471 g/mol. The number of carbonyl (C=O) groups excluding carboxylic acids is 2. The SMILES string of the molecule is CN(C)c1ccc(C(=O)N[C@@H](Cc2ccccc2)C(=O)Nc2cnc(C(F)(F)F)nc2Cl)cc1. The predicted octanol–water partition coefficient (Wildman–Crippen LogP) is 4.19. The quantitative estimate of drug-likeness (QED) is 0.484. The second kappa shape index (κ2) is 10.5. The molecule has 0 aliphatic carbocycles. The van der Waals surface area contributed by atoms with E-state index in [9.17, 15) is 22.8 Å². The Labute approximate surface area is 199 Å². The minimum Gasteiger partial charge on any atom is -0.378 e. The Morgan fingerprint density at radius 1 is 1.06 bits per heavy atom. The molecule has 178 valence electrons. The van der Waals surface area contributed by atoms with Gasteiger partial charge in [-0.15, -0.1) is 0 Å². The molecule has 0 spiro atoms. The highest BCUT2D eigenvalue weighted by atomic mass is 35.5. The molecule has 0 bridgehead atoms. The molecule has 0 radical (unpaired) electrons. The summed E-state index contributed by atoms with van der Waals surface area (Å²) in [5.41, 5.74) is 1.79. The van der Waals surface area contributed by atoms with Crippen molar-refractivity contribution in [2.24, 2.45) is 0 Å². The summed E-state index contributed by atoms with van der Waals surface area (Å²) in [6.07, 6.45) is -3.87. The lowest BCUT2D eigenvalue weighted by molar-refractivity contribution is -0.144. The minimum absolute atomic E-state index is 0.132. The first kappa shape index (κ1) is 25.0. The number of hydrogen-bond donors (Lipinski definition) is 2. The van der Waals surface area contributed by atoms with Crippen LogP contribution in [0.4, 0.5) is 24.5 Å². The van der Waals surface area contributed by atoms with Crippen LogP contribution >= 0.6 is 11.6 Å². The number of halogens is 4. The summed E-state index contributed by atoms with van der Waals surface area (Å²) in [6.45, 7) is 0. The zero-order chi connectivity index (χ0) is 24.9. The Kier molecular flexibility index (Phi) is 7.72. The maximum absolute atomic E-state index is 13.0. The lowest BCUT2D eigenvalue weighted by atomic mass is 10.0. The fraction of sp³-hybridized carbons (Fsp3) is 0.217. The molecule has 11 heteroatoms. The average molecular weight is 492 g/mol. The van der Waals surface area contributed by atoms with Crippen molar-refractivity contribution in [1.82, 2.24) is 15.3 Å². The Hall–Kier alpha value is -3.66. The lowest BCUT2D eigenvalue weighted by Crippen LogP contribution is -2.45. The monoisotopic (exact) mass is 491 g/mol. The molecule has 0 aliphatic rings. The van der Waals surface area contributed by atoms with Gasteiger partial charge < -0.3 is 15.5 Å². The number of rotatable bonds is 7. The molecule has 34 heavy (non-hydrogen) atoms. The van der Waals surface area contributed by atoms with E-state index in [0.29, 0.717) is 5.56 Å². The first-order valence-electron chi connectivity index (χ1n) is 10.1. The average Bonchev–Trinajstić information content (AvgIpc) is 2.80. The molecule has 0 saturated carbocycles. The van der Waals surface area contributed by atoms with Crippen LogP contribution in [0.1, 0.15) is 21.7 Å². The van der Waals surface area contributed by atoms with E-state index < -0.39 is 35.0 Å². The number of alkyl halides is 3. The van der Waals surface area contributed by atoms with E-state index in [0.717, 1.165) is 17.4 Å². The van der Waals surface area contributed by atoms with E-state index in [1.165, 1.54) is 0 Å². The summed E-state index contributed by atoms with van der Waals surface area (Å²) >= 11 is 5.83. The van der Waals surface area contributed by atoms with Gasteiger partial charge in [0.25, 0.3) is 5.91 Å². The highest BCUT2D eigenvalue weighted by Gasteiger charge is 2.35. The lowest BCUT2D eigenvalue weighted by Gasteiger charge is -2.19. The van der Waals surface area contributed by atoms with Crippen molar-refractivity contribution >= 4 is 34.8 Å². The summed E-state index contributed by atoms with van der Waals surface area (Å²) in [5.74, 6) is -2.60. The number of nitrogens with one attached hydrogen (secondary N) is 2. The zero-order valence-electron chi connectivity index (χ0n) is 18.2. The number of anilines is 2. The van der Waals surface area contributed by atoms with Crippen LogP contribution in [-0.4, -0.2) is 41.9 Å². The first-order valence-corrected chi connectivity index (χ1v) is 10.4. The third-order valence-corrected chi connectivity index (χ3v) is 5.09. The van der Waals surface area contributed by atoms with Gasteiger partial charge in [0, 0.05) is 31.8 Å². The van der Waals surface area contributed by atoms with Gasteiger partial charge in [-0.2, -0.15) is 13.2 Å². The van der Waals surface area contributed by atoms with Gasteiger partial charge in [-0.3, -0.25) is 9.59 Å². The van der Waals surface area contributed by atoms with Crippen LogP contribution in [0.25, 0.3) is 0 Å². The maximum atomic E-state index is 13.0. The Morgan fingerprint density at radius 3 is 2.26 bits per heavy atom. The van der Waals surface area contributed by atoms with Gasteiger partial charge >= 0.3 is 6.18 Å². The highest BCUT2D eigenvalue weighted by Crippen LogP contribution is 2.29. The Morgan fingerprint density at radius 2 is 1.71 bits per heavy atom. The summed E-state index contributed by atoms with van der Waals surface area (Å²) in [6, 6.07) is 14.7. The Bertz CT molecular complexity index is 1160. The number of carbonyl (C=O) groups is 2. The van der Waals surface area contributed by atoms with Crippen molar-refractivity contribution in [3.8, 4) is 0 Å². The van der Waals surface area contributed by atoms with Gasteiger partial charge in [-0.05, 0) is 29.8 Å². The number of nitrogens with zero attached hydrogens (tertiary/aromatic N) is 3.